The molecule has 2 aromatic carbocycles. The van der Waals surface area contributed by atoms with Crippen LogP contribution >= 0.6 is 0 Å². The van der Waals surface area contributed by atoms with Gasteiger partial charge < -0.3 is 10.3 Å². The highest BCUT2D eigenvalue weighted by Gasteiger charge is 2.12. The summed E-state index contributed by atoms with van der Waals surface area (Å²) in [7, 11) is 0. The van der Waals surface area contributed by atoms with E-state index >= 15 is 0 Å². The number of allylic oxidation sites excluding steroid dienone is 1. The van der Waals surface area contributed by atoms with Crippen molar-refractivity contribution in [2.45, 2.75) is 6.92 Å². The number of nitrogens with two attached hydrogens (primary N) is 1. The SMILES string of the molecule is Cc1cc(-n2cc(F)c(F)c2)ccc1-n1ccc(=O)c(C(C=CN)=Nc2ccccc2)n1. The van der Waals surface area contributed by atoms with Gasteiger partial charge in [0.1, 0.15) is 0 Å². The second-order valence-corrected chi connectivity index (χ2v) is 7.00. The molecule has 0 bridgehead atoms. The summed E-state index contributed by atoms with van der Waals surface area (Å²) in [4.78, 5) is 17.1. The Morgan fingerprint density at radius 1 is 1.06 bits per heavy atom. The number of benzene rings is 2. The van der Waals surface area contributed by atoms with E-state index in [-0.39, 0.29) is 11.1 Å². The summed E-state index contributed by atoms with van der Waals surface area (Å²) in [6.07, 6.45) is 6.52. The van der Waals surface area contributed by atoms with Gasteiger partial charge >= 0.3 is 0 Å². The van der Waals surface area contributed by atoms with Gasteiger partial charge in [0.25, 0.3) is 0 Å². The molecule has 4 aromatic rings. The third-order valence-corrected chi connectivity index (χ3v) is 4.77. The molecule has 0 fully saturated rings. The van der Waals surface area contributed by atoms with E-state index in [1.54, 1.807) is 29.1 Å². The molecule has 2 heterocycles. The molecule has 0 aliphatic heterocycles. The highest BCUT2D eigenvalue weighted by molar-refractivity contribution is 6.08. The van der Waals surface area contributed by atoms with Crippen LogP contribution in [0.25, 0.3) is 11.4 Å². The zero-order chi connectivity index (χ0) is 22.7. The number of halogens is 2. The number of rotatable bonds is 5. The standard InChI is InChI=1S/C24H19F2N5O/c1-16-13-18(30-14-19(25)20(26)15-30)7-8-22(16)31-12-10-23(32)24(29-31)21(9-11-27)28-17-5-3-2-4-6-17/h2-15H,27H2,1H3. The van der Waals surface area contributed by atoms with Crippen LogP contribution in [0.4, 0.5) is 14.5 Å². The number of aryl methyl sites for hydroxylation is 1. The van der Waals surface area contributed by atoms with Gasteiger partial charge in [-0.3, -0.25) is 4.79 Å². The fraction of sp³-hybridized carbons (Fsp3) is 0.0417. The molecule has 0 aliphatic rings. The largest absolute Gasteiger partial charge is 0.405 e. The molecule has 160 valence electrons. The van der Waals surface area contributed by atoms with Gasteiger partial charge in [0.2, 0.25) is 5.43 Å². The predicted octanol–water partition coefficient (Wildman–Crippen LogP) is 4.20. The summed E-state index contributed by atoms with van der Waals surface area (Å²) in [5.41, 5.74) is 8.46. The van der Waals surface area contributed by atoms with Gasteiger partial charge in [0.05, 0.1) is 17.1 Å². The minimum Gasteiger partial charge on any atom is -0.405 e. The Bertz CT molecular complexity index is 1370. The van der Waals surface area contributed by atoms with Crippen molar-refractivity contribution >= 4 is 11.4 Å². The van der Waals surface area contributed by atoms with E-state index in [9.17, 15) is 13.6 Å². The first-order valence-corrected chi connectivity index (χ1v) is 9.73. The summed E-state index contributed by atoms with van der Waals surface area (Å²) >= 11 is 0. The highest BCUT2D eigenvalue weighted by atomic mass is 19.2. The molecule has 4 rings (SSSR count). The van der Waals surface area contributed by atoms with Gasteiger partial charge in [-0.25, -0.2) is 18.5 Å². The molecular weight excluding hydrogens is 412 g/mol. The third-order valence-electron chi connectivity index (χ3n) is 4.77. The van der Waals surface area contributed by atoms with Crippen molar-refractivity contribution in [2.75, 3.05) is 0 Å². The fourth-order valence-corrected chi connectivity index (χ4v) is 3.23. The molecule has 0 radical (unpaired) electrons. The lowest BCUT2D eigenvalue weighted by atomic mass is 10.1. The normalized spacial score (nSPS) is 11.9. The lowest BCUT2D eigenvalue weighted by molar-refractivity contribution is 0.516. The molecule has 0 saturated heterocycles. The third kappa shape index (κ3) is 4.24. The number of aliphatic imine (C=N–C) groups is 1. The summed E-state index contributed by atoms with van der Waals surface area (Å²) in [6.45, 7) is 1.84. The van der Waals surface area contributed by atoms with Gasteiger partial charge in [0.15, 0.2) is 17.3 Å². The van der Waals surface area contributed by atoms with Crippen LogP contribution in [-0.2, 0) is 0 Å². The van der Waals surface area contributed by atoms with Crippen molar-refractivity contribution in [3.63, 3.8) is 0 Å². The summed E-state index contributed by atoms with van der Waals surface area (Å²) in [5.74, 6) is -1.84. The molecule has 0 saturated carbocycles. The van der Waals surface area contributed by atoms with Crippen molar-refractivity contribution in [1.29, 1.82) is 0 Å². The van der Waals surface area contributed by atoms with Crippen molar-refractivity contribution < 1.29 is 8.78 Å². The smallest absolute Gasteiger partial charge is 0.209 e. The maximum absolute atomic E-state index is 13.4. The van der Waals surface area contributed by atoms with Crippen molar-refractivity contribution in [2.24, 2.45) is 10.7 Å². The molecule has 8 heteroatoms. The molecule has 0 atom stereocenters. The number of hydrogen-bond acceptors (Lipinski definition) is 4. The number of para-hydroxylation sites is 1. The van der Waals surface area contributed by atoms with Crippen LogP contribution in [0.3, 0.4) is 0 Å². The molecule has 0 aliphatic carbocycles. The molecule has 2 N–H and O–H groups in total. The fourth-order valence-electron chi connectivity index (χ4n) is 3.23. The first-order valence-electron chi connectivity index (χ1n) is 9.73. The first kappa shape index (κ1) is 20.9. The topological polar surface area (TPSA) is 78.2 Å². The van der Waals surface area contributed by atoms with Crippen molar-refractivity contribution in [1.82, 2.24) is 14.3 Å². The zero-order valence-electron chi connectivity index (χ0n) is 17.1. The van der Waals surface area contributed by atoms with E-state index in [2.05, 4.69) is 10.1 Å². The van der Waals surface area contributed by atoms with Gasteiger partial charge in [-0.05, 0) is 55.1 Å². The van der Waals surface area contributed by atoms with Crippen LogP contribution in [0.15, 0.2) is 95.3 Å². The Balaban J connectivity index is 1.77. The van der Waals surface area contributed by atoms with Crippen molar-refractivity contribution in [3.8, 4) is 11.4 Å². The molecule has 32 heavy (non-hydrogen) atoms. The van der Waals surface area contributed by atoms with E-state index in [4.69, 9.17) is 5.73 Å². The predicted molar refractivity (Wildman–Crippen MR) is 120 cm³/mol. The van der Waals surface area contributed by atoms with Crippen LogP contribution in [0, 0.1) is 18.6 Å². The maximum Gasteiger partial charge on any atom is 0.209 e. The Kier molecular flexibility index (Phi) is 5.76. The van der Waals surface area contributed by atoms with Gasteiger partial charge in [0, 0.05) is 30.3 Å². The molecule has 0 spiro atoms. The Labute approximate surface area is 182 Å². The first-order chi connectivity index (χ1) is 15.5. The maximum atomic E-state index is 13.4. The summed E-state index contributed by atoms with van der Waals surface area (Å²) in [6, 6.07) is 15.8. The van der Waals surface area contributed by atoms with E-state index in [0.29, 0.717) is 22.8 Å². The highest BCUT2D eigenvalue weighted by Crippen LogP contribution is 2.20. The van der Waals surface area contributed by atoms with E-state index in [1.807, 2.05) is 37.3 Å². The van der Waals surface area contributed by atoms with Crippen LogP contribution in [0.5, 0.6) is 0 Å². The Hall–Kier alpha value is -4.33. The molecule has 0 unspecified atom stereocenters. The second kappa shape index (κ2) is 8.81. The quantitative estimate of drug-likeness (QED) is 0.481. The van der Waals surface area contributed by atoms with E-state index < -0.39 is 11.6 Å². The Morgan fingerprint density at radius 2 is 1.78 bits per heavy atom. The molecule has 0 amide bonds. The molecule has 2 aromatic heterocycles. The Morgan fingerprint density at radius 3 is 2.44 bits per heavy atom. The average Bonchev–Trinajstić information content (AvgIpc) is 3.13. The second-order valence-electron chi connectivity index (χ2n) is 7.00. The van der Waals surface area contributed by atoms with Crippen LogP contribution in [0.1, 0.15) is 11.3 Å². The summed E-state index contributed by atoms with van der Waals surface area (Å²) in [5, 5.41) is 4.48. The van der Waals surface area contributed by atoms with Crippen LogP contribution < -0.4 is 11.2 Å². The van der Waals surface area contributed by atoms with Crippen LogP contribution in [-0.4, -0.2) is 20.1 Å². The zero-order valence-corrected chi connectivity index (χ0v) is 17.1. The van der Waals surface area contributed by atoms with Crippen LogP contribution in [0.2, 0.25) is 0 Å². The monoisotopic (exact) mass is 431 g/mol. The number of nitrogens with zero attached hydrogens (tertiary/aromatic N) is 4. The van der Waals surface area contributed by atoms with Gasteiger partial charge in [-0.2, -0.15) is 5.10 Å². The average molecular weight is 431 g/mol. The summed E-state index contributed by atoms with van der Waals surface area (Å²) < 4.78 is 29.7. The number of aromatic nitrogens is 3. The van der Waals surface area contributed by atoms with E-state index in [1.165, 1.54) is 22.9 Å². The van der Waals surface area contributed by atoms with E-state index in [0.717, 1.165) is 18.0 Å². The lowest BCUT2D eigenvalue weighted by Crippen LogP contribution is -2.20. The van der Waals surface area contributed by atoms with Gasteiger partial charge in [-0.15, -0.1) is 0 Å². The number of hydrogen-bond donors (Lipinski definition) is 1. The van der Waals surface area contributed by atoms with Crippen molar-refractivity contribution in [3.05, 3.63) is 119 Å². The minimum atomic E-state index is -0.920. The minimum absolute atomic E-state index is 0.135. The molecular formula is C24H19F2N5O. The lowest BCUT2D eigenvalue weighted by Gasteiger charge is -2.12. The van der Waals surface area contributed by atoms with Gasteiger partial charge in [-0.1, -0.05) is 18.2 Å². The molecule has 6 nitrogen and oxygen atoms in total.